The van der Waals surface area contributed by atoms with Crippen LogP contribution < -0.4 is 9.80 Å². The van der Waals surface area contributed by atoms with Crippen molar-refractivity contribution in [1.29, 1.82) is 0 Å². The van der Waals surface area contributed by atoms with Gasteiger partial charge in [-0.3, -0.25) is 0 Å². The summed E-state index contributed by atoms with van der Waals surface area (Å²) in [6.07, 6.45) is 1.79. The van der Waals surface area contributed by atoms with Crippen LogP contribution in [0.15, 0.2) is 255 Å². The number of para-hydroxylation sites is 2. The van der Waals surface area contributed by atoms with Gasteiger partial charge in [-0.05, 0) is 143 Å². The molecule has 0 bridgehead atoms. The molecular formula is C64H52N2. The Balaban J connectivity index is 1.02. The molecule has 10 rings (SSSR count). The average molecular weight is 849 g/mol. The van der Waals surface area contributed by atoms with Gasteiger partial charge in [0.1, 0.15) is 0 Å². The highest BCUT2D eigenvalue weighted by molar-refractivity contribution is 5.91. The number of hydrogen-bond donors (Lipinski definition) is 0. The van der Waals surface area contributed by atoms with E-state index in [9.17, 15) is 0 Å². The first-order valence-electron chi connectivity index (χ1n) is 22.9. The van der Waals surface area contributed by atoms with E-state index in [1.54, 1.807) is 0 Å². The normalized spacial score (nSPS) is 11.0. The zero-order valence-corrected chi connectivity index (χ0v) is 37.6. The molecule has 0 unspecified atom stereocenters. The van der Waals surface area contributed by atoms with Gasteiger partial charge in [-0.25, -0.2) is 0 Å². The molecule has 10 aromatic rings. The van der Waals surface area contributed by atoms with Crippen LogP contribution in [-0.4, -0.2) is 0 Å². The Morgan fingerprint density at radius 3 is 0.939 bits per heavy atom. The van der Waals surface area contributed by atoms with E-state index in [0.29, 0.717) is 0 Å². The van der Waals surface area contributed by atoms with Crippen molar-refractivity contribution in [2.75, 3.05) is 9.80 Å². The van der Waals surface area contributed by atoms with Crippen LogP contribution in [0.25, 0.3) is 33.4 Å². The predicted molar refractivity (Wildman–Crippen MR) is 280 cm³/mol. The topological polar surface area (TPSA) is 6.48 Å². The van der Waals surface area contributed by atoms with Gasteiger partial charge in [0.05, 0.1) is 11.4 Å². The number of hydrogen-bond acceptors (Lipinski definition) is 2. The minimum atomic E-state index is 0.895. The lowest BCUT2D eigenvalue weighted by Gasteiger charge is -2.30. The Labute approximate surface area is 390 Å². The van der Waals surface area contributed by atoms with Gasteiger partial charge in [-0.15, -0.1) is 0 Å². The first-order chi connectivity index (χ1) is 32.6. The van der Waals surface area contributed by atoms with Crippen LogP contribution >= 0.6 is 0 Å². The molecule has 0 aliphatic rings. The van der Waals surface area contributed by atoms with Crippen LogP contribution in [0.2, 0.25) is 0 Å². The second-order valence-corrected chi connectivity index (χ2v) is 17.1. The minimum Gasteiger partial charge on any atom is -0.310 e. The molecule has 0 aliphatic carbocycles. The molecular weight excluding hydrogens is 797 g/mol. The van der Waals surface area contributed by atoms with Crippen molar-refractivity contribution < 1.29 is 0 Å². The van der Waals surface area contributed by atoms with Crippen molar-refractivity contribution in [2.45, 2.75) is 26.7 Å². The van der Waals surface area contributed by atoms with Crippen LogP contribution in [0.5, 0.6) is 0 Å². The molecule has 0 saturated carbocycles. The molecule has 0 amide bonds. The van der Waals surface area contributed by atoms with Gasteiger partial charge in [0.2, 0.25) is 0 Å². The number of benzene rings is 10. The van der Waals surface area contributed by atoms with Gasteiger partial charge in [0, 0.05) is 33.9 Å². The van der Waals surface area contributed by atoms with E-state index in [0.717, 1.165) is 47.0 Å². The Morgan fingerprint density at radius 1 is 0.258 bits per heavy atom. The third kappa shape index (κ3) is 9.09. The fraction of sp³-hybridized carbons (Fsp3) is 0.0625. The SMILES string of the molecule is Cc1cc(-c2ccc(N(c3ccc(Cc4ccccc4)cc3)c3ccccc3-c3ccccc3)c(C)c2)ccc1N(c1ccc(Cc2ccccc2)cc1)c1ccccc1-c1ccccc1. The lowest BCUT2D eigenvalue weighted by Crippen LogP contribution is -2.13. The van der Waals surface area contributed by atoms with Crippen LogP contribution in [0.1, 0.15) is 33.4 Å². The molecule has 0 aromatic heterocycles. The molecule has 0 aliphatic heterocycles. The monoisotopic (exact) mass is 848 g/mol. The largest absolute Gasteiger partial charge is 0.310 e. The van der Waals surface area contributed by atoms with Gasteiger partial charge in [0.15, 0.2) is 0 Å². The minimum absolute atomic E-state index is 0.895. The smallest absolute Gasteiger partial charge is 0.0540 e. The van der Waals surface area contributed by atoms with Gasteiger partial charge in [-0.1, -0.05) is 194 Å². The summed E-state index contributed by atoms with van der Waals surface area (Å²) in [6.45, 7) is 4.48. The Morgan fingerprint density at radius 2 is 0.576 bits per heavy atom. The van der Waals surface area contributed by atoms with E-state index in [-0.39, 0.29) is 0 Å². The van der Waals surface area contributed by atoms with Crippen LogP contribution in [0, 0.1) is 13.8 Å². The van der Waals surface area contributed by atoms with Gasteiger partial charge < -0.3 is 9.80 Å². The summed E-state index contributed by atoms with van der Waals surface area (Å²) in [7, 11) is 0. The van der Waals surface area contributed by atoms with Gasteiger partial charge in [0.25, 0.3) is 0 Å². The summed E-state index contributed by atoms with van der Waals surface area (Å²) in [4.78, 5) is 4.85. The maximum atomic E-state index is 2.43. The van der Waals surface area contributed by atoms with E-state index < -0.39 is 0 Å². The van der Waals surface area contributed by atoms with Crippen molar-refractivity contribution in [2.24, 2.45) is 0 Å². The van der Waals surface area contributed by atoms with Crippen LogP contribution in [-0.2, 0) is 12.8 Å². The molecule has 10 aromatic carbocycles. The highest BCUT2D eigenvalue weighted by Crippen LogP contribution is 2.45. The third-order valence-electron chi connectivity index (χ3n) is 12.6. The standard InChI is InChI=1S/C64H52N2/c1-47-43-55(35-41-61(47)65(63-29-17-15-27-59(63)53-23-11-5-12-24-53)57-37-31-51(32-38-57)45-49-19-7-3-8-20-49)56-36-42-62(48(2)44-56)66(64-30-18-16-28-60(64)54-25-13-6-14-26-54)58-39-33-52(34-40-58)46-50-21-9-4-10-22-50/h3-44H,45-46H2,1-2H3. The molecule has 0 saturated heterocycles. The quantitative estimate of drug-likeness (QED) is 0.114. The van der Waals surface area contributed by atoms with Crippen molar-refractivity contribution in [3.05, 3.63) is 288 Å². The lowest BCUT2D eigenvalue weighted by molar-refractivity contribution is 1.18. The number of nitrogens with zero attached hydrogens (tertiary/aromatic N) is 2. The maximum Gasteiger partial charge on any atom is 0.0540 e. The van der Waals surface area contributed by atoms with Crippen LogP contribution in [0.3, 0.4) is 0 Å². The summed E-state index contributed by atoms with van der Waals surface area (Å²) in [5.41, 5.74) is 21.5. The molecule has 318 valence electrons. The maximum absolute atomic E-state index is 2.43. The van der Waals surface area contributed by atoms with Gasteiger partial charge >= 0.3 is 0 Å². The van der Waals surface area contributed by atoms with Crippen molar-refractivity contribution in [1.82, 2.24) is 0 Å². The molecule has 0 N–H and O–H groups in total. The van der Waals surface area contributed by atoms with E-state index >= 15 is 0 Å². The fourth-order valence-corrected chi connectivity index (χ4v) is 9.24. The summed E-state index contributed by atoms with van der Waals surface area (Å²) < 4.78 is 0. The zero-order chi connectivity index (χ0) is 44.7. The molecule has 0 heterocycles. The fourth-order valence-electron chi connectivity index (χ4n) is 9.24. The number of aryl methyl sites for hydroxylation is 2. The van der Waals surface area contributed by atoms with E-state index in [1.165, 1.54) is 66.8 Å². The summed E-state index contributed by atoms with van der Waals surface area (Å²) in [5.74, 6) is 0. The molecule has 66 heavy (non-hydrogen) atoms. The predicted octanol–water partition coefficient (Wildman–Crippen LogP) is 17.4. The second-order valence-electron chi connectivity index (χ2n) is 17.1. The highest BCUT2D eigenvalue weighted by Gasteiger charge is 2.22. The highest BCUT2D eigenvalue weighted by atomic mass is 15.2. The van der Waals surface area contributed by atoms with Crippen molar-refractivity contribution in [3.63, 3.8) is 0 Å². The van der Waals surface area contributed by atoms with E-state index in [4.69, 9.17) is 0 Å². The van der Waals surface area contributed by atoms with Crippen LogP contribution in [0.4, 0.5) is 34.1 Å². The summed E-state index contributed by atoms with van der Waals surface area (Å²) >= 11 is 0. The molecule has 0 spiro atoms. The zero-order valence-electron chi connectivity index (χ0n) is 37.6. The first kappa shape index (κ1) is 41.8. The summed E-state index contributed by atoms with van der Waals surface area (Å²) in [5, 5.41) is 0. The molecule has 0 fully saturated rings. The molecule has 0 atom stereocenters. The Bertz CT molecular complexity index is 2960. The van der Waals surface area contributed by atoms with Crippen molar-refractivity contribution >= 4 is 34.1 Å². The van der Waals surface area contributed by atoms with E-state index in [2.05, 4.69) is 278 Å². The number of rotatable bonds is 13. The molecule has 2 nitrogen and oxygen atoms in total. The Hall–Kier alpha value is -8.20. The number of anilines is 6. The average Bonchev–Trinajstić information content (AvgIpc) is 3.37. The van der Waals surface area contributed by atoms with Gasteiger partial charge in [-0.2, -0.15) is 0 Å². The first-order valence-corrected chi connectivity index (χ1v) is 22.9. The third-order valence-corrected chi connectivity index (χ3v) is 12.6. The molecule has 2 heteroatoms. The van der Waals surface area contributed by atoms with E-state index in [1.807, 2.05) is 0 Å². The molecule has 0 radical (unpaired) electrons. The summed E-state index contributed by atoms with van der Waals surface area (Å²) in [6, 6.07) is 92.4. The van der Waals surface area contributed by atoms with Crippen molar-refractivity contribution in [3.8, 4) is 33.4 Å². The second kappa shape index (κ2) is 19.3. The Kier molecular flexibility index (Phi) is 12.2. The lowest BCUT2D eigenvalue weighted by atomic mass is 9.96.